The van der Waals surface area contributed by atoms with Crippen molar-refractivity contribution in [3.63, 3.8) is 0 Å². The maximum Gasteiger partial charge on any atom is 0.414 e. The van der Waals surface area contributed by atoms with Crippen LogP contribution in [0.2, 0.25) is 0 Å². The fraction of sp³-hybridized carbons (Fsp3) is 0.316. The van der Waals surface area contributed by atoms with E-state index in [0.29, 0.717) is 13.2 Å². The number of anilines is 1. The van der Waals surface area contributed by atoms with Gasteiger partial charge in [-0.3, -0.25) is 4.90 Å². The molecule has 0 spiro atoms. The summed E-state index contributed by atoms with van der Waals surface area (Å²) >= 11 is 0. The molecule has 1 aliphatic heterocycles. The Morgan fingerprint density at radius 3 is 2.43 bits per heavy atom. The van der Waals surface area contributed by atoms with Crippen LogP contribution >= 0.6 is 0 Å². The Balaban J connectivity index is 1.71. The Morgan fingerprint density at radius 2 is 1.83 bits per heavy atom. The summed E-state index contributed by atoms with van der Waals surface area (Å²) in [5.41, 5.74) is 2.68. The largest absolute Gasteiger partial charge is 0.444 e. The quantitative estimate of drug-likeness (QED) is 0.786. The molecule has 2 aromatic rings. The monoisotopic (exact) mass is 311 g/mol. The highest BCUT2D eigenvalue weighted by molar-refractivity contribution is 5.87. The first-order chi connectivity index (χ1) is 11.1. The Labute approximate surface area is 136 Å². The van der Waals surface area contributed by atoms with Gasteiger partial charge >= 0.3 is 6.09 Å². The van der Waals surface area contributed by atoms with Crippen LogP contribution in [0.15, 0.2) is 54.6 Å². The summed E-state index contributed by atoms with van der Waals surface area (Å²) in [6.07, 6.45) is -0.352. The number of amides is 1. The molecular weight excluding hydrogens is 290 g/mol. The standard InChI is InChI=1S/C19H21NO3/c1-15-8-10-17(11-9-15)20(13-19(2)14-23-19)18(21)22-12-16-6-4-3-5-7-16/h3-11H,12-14H2,1-2H3. The van der Waals surface area contributed by atoms with Crippen LogP contribution in [0.4, 0.5) is 10.5 Å². The zero-order valence-corrected chi connectivity index (χ0v) is 13.5. The van der Waals surface area contributed by atoms with Gasteiger partial charge in [-0.25, -0.2) is 4.79 Å². The van der Waals surface area contributed by atoms with Gasteiger partial charge in [-0.15, -0.1) is 0 Å². The SMILES string of the molecule is Cc1ccc(N(CC2(C)CO2)C(=O)OCc2ccccc2)cc1. The van der Waals surface area contributed by atoms with Crippen molar-refractivity contribution in [1.29, 1.82) is 0 Å². The number of carbonyl (C=O) groups is 1. The number of hydrogen-bond acceptors (Lipinski definition) is 3. The lowest BCUT2D eigenvalue weighted by molar-refractivity contribution is 0.145. The topological polar surface area (TPSA) is 42.1 Å². The molecule has 0 saturated carbocycles. The average Bonchev–Trinajstić information content (AvgIpc) is 3.30. The molecule has 120 valence electrons. The fourth-order valence-corrected chi connectivity index (χ4v) is 2.33. The van der Waals surface area contributed by atoms with Crippen LogP contribution in [0, 0.1) is 6.92 Å². The number of benzene rings is 2. The lowest BCUT2D eigenvalue weighted by atomic mass is 10.1. The number of aryl methyl sites for hydroxylation is 1. The minimum Gasteiger partial charge on any atom is -0.444 e. The van der Waals surface area contributed by atoms with E-state index in [-0.39, 0.29) is 18.3 Å². The molecule has 3 rings (SSSR count). The summed E-state index contributed by atoms with van der Waals surface area (Å²) < 4.78 is 10.9. The number of carbonyl (C=O) groups excluding carboxylic acids is 1. The number of nitrogens with zero attached hydrogens (tertiary/aromatic N) is 1. The summed E-state index contributed by atoms with van der Waals surface area (Å²) in [6, 6.07) is 17.5. The zero-order valence-electron chi connectivity index (χ0n) is 13.5. The second-order valence-electron chi connectivity index (χ2n) is 6.20. The second-order valence-corrected chi connectivity index (χ2v) is 6.20. The molecule has 1 amide bonds. The van der Waals surface area contributed by atoms with E-state index in [1.165, 1.54) is 0 Å². The third-order valence-corrected chi connectivity index (χ3v) is 3.90. The maximum atomic E-state index is 12.6. The van der Waals surface area contributed by atoms with E-state index in [4.69, 9.17) is 9.47 Å². The van der Waals surface area contributed by atoms with Crippen molar-refractivity contribution in [2.24, 2.45) is 0 Å². The molecule has 1 heterocycles. The molecule has 1 fully saturated rings. The fourth-order valence-electron chi connectivity index (χ4n) is 2.33. The van der Waals surface area contributed by atoms with Gasteiger partial charge < -0.3 is 9.47 Å². The predicted molar refractivity (Wildman–Crippen MR) is 89.5 cm³/mol. The Morgan fingerprint density at radius 1 is 1.17 bits per heavy atom. The van der Waals surface area contributed by atoms with E-state index in [1.54, 1.807) is 4.90 Å². The highest BCUT2D eigenvalue weighted by Gasteiger charge is 2.42. The van der Waals surface area contributed by atoms with Gasteiger partial charge in [0.2, 0.25) is 0 Å². The predicted octanol–water partition coefficient (Wildman–Crippen LogP) is 3.93. The lowest BCUT2D eigenvalue weighted by Crippen LogP contribution is -2.38. The van der Waals surface area contributed by atoms with Crippen LogP contribution < -0.4 is 4.90 Å². The number of epoxide rings is 1. The number of ether oxygens (including phenoxy) is 2. The normalized spacial score (nSPS) is 19.2. The van der Waals surface area contributed by atoms with E-state index in [0.717, 1.165) is 16.8 Å². The smallest absolute Gasteiger partial charge is 0.414 e. The van der Waals surface area contributed by atoms with Crippen molar-refractivity contribution >= 4 is 11.8 Å². The van der Waals surface area contributed by atoms with Crippen molar-refractivity contribution in [2.75, 3.05) is 18.1 Å². The van der Waals surface area contributed by atoms with Gasteiger partial charge in [-0.2, -0.15) is 0 Å². The van der Waals surface area contributed by atoms with Crippen molar-refractivity contribution in [3.05, 3.63) is 65.7 Å². The molecular formula is C19H21NO3. The van der Waals surface area contributed by atoms with E-state index in [2.05, 4.69) is 0 Å². The van der Waals surface area contributed by atoms with Gasteiger partial charge in [0.05, 0.1) is 13.2 Å². The van der Waals surface area contributed by atoms with Crippen LogP contribution in [-0.4, -0.2) is 24.8 Å². The minimum atomic E-state index is -0.352. The van der Waals surface area contributed by atoms with E-state index in [9.17, 15) is 4.79 Å². The van der Waals surface area contributed by atoms with Crippen molar-refractivity contribution in [1.82, 2.24) is 0 Å². The third-order valence-electron chi connectivity index (χ3n) is 3.90. The molecule has 0 N–H and O–H groups in total. The third kappa shape index (κ3) is 4.11. The zero-order chi connectivity index (χ0) is 16.3. The molecule has 0 radical (unpaired) electrons. The lowest BCUT2D eigenvalue weighted by Gasteiger charge is -2.24. The minimum absolute atomic E-state index is 0.263. The van der Waals surface area contributed by atoms with Gasteiger partial charge in [-0.05, 0) is 31.5 Å². The number of rotatable bonds is 5. The maximum absolute atomic E-state index is 12.6. The molecule has 1 aliphatic rings. The molecule has 0 bridgehead atoms. The molecule has 23 heavy (non-hydrogen) atoms. The molecule has 4 nitrogen and oxygen atoms in total. The molecule has 2 aromatic carbocycles. The summed E-state index contributed by atoms with van der Waals surface area (Å²) in [7, 11) is 0. The molecule has 0 aliphatic carbocycles. The van der Waals surface area contributed by atoms with Crippen LogP contribution in [0.5, 0.6) is 0 Å². The van der Waals surface area contributed by atoms with E-state index < -0.39 is 0 Å². The van der Waals surface area contributed by atoms with Crippen molar-refractivity contribution in [3.8, 4) is 0 Å². The number of hydrogen-bond donors (Lipinski definition) is 0. The second kappa shape index (κ2) is 6.42. The first-order valence-corrected chi connectivity index (χ1v) is 7.75. The Kier molecular flexibility index (Phi) is 4.35. The Bertz CT molecular complexity index is 663. The summed E-state index contributed by atoms with van der Waals surface area (Å²) in [5.74, 6) is 0. The van der Waals surface area contributed by atoms with Crippen LogP contribution in [0.25, 0.3) is 0 Å². The first-order valence-electron chi connectivity index (χ1n) is 7.75. The summed E-state index contributed by atoms with van der Waals surface area (Å²) in [6.45, 7) is 5.44. The van der Waals surface area contributed by atoms with Crippen molar-refractivity contribution in [2.45, 2.75) is 26.1 Å². The first kappa shape index (κ1) is 15.6. The van der Waals surface area contributed by atoms with E-state index >= 15 is 0 Å². The van der Waals surface area contributed by atoms with Gasteiger partial charge in [0.25, 0.3) is 0 Å². The molecule has 1 atom stereocenters. The van der Waals surface area contributed by atoms with Crippen LogP contribution in [0.1, 0.15) is 18.1 Å². The van der Waals surface area contributed by atoms with E-state index in [1.807, 2.05) is 68.4 Å². The molecule has 4 heteroatoms. The van der Waals surface area contributed by atoms with Gasteiger partial charge in [0.1, 0.15) is 12.2 Å². The molecule has 1 saturated heterocycles. The molecule has 1 unspecified atom stereocenters. The molecule has 0 aromatic heterocycles. The average molecular weight is 311 g/mol. The summed E-state index contributed by atoms with van der Waals surface area (Å²) in [5, 5.41) is 0. The Hall–Kier alpha value is -2.33. The highest BCUT2D eigenvalue weighted by Crippen LogP contribution is 2.30. The highest BCUT2D eigenvalue weighted by atomic mass is 16.6. The van der Waals surface area contributed by atoms with Crippen molar-refractivity contribution < 1.29 is 14.3 Å². The van der Waals surface area contributed by atoms with Crippen LogP contribution in [-0.2, 0) is 16.1 Å². The van der Waals surface area contributed by atoms with Gasteiger partial charge in [-0.1, -0.05) is 48.0 Å². The summed E-state index contributed by atoms with van der Waals surface area (Å²) in [4.78, 5) is 14.2. The van der Waals surface area contributed by atoms with Crippen LogP contribution in [0.3, 0.4) is 0 Å². The van der Waals surface area contributed by atoms with Gasteiger partial charge in [0.15, 0.2) is 0 Å². The van der Waals surface area contributed by atoms with Gasteiger partial charge in [0, 0.05) is 5.69 Å².